The predicted molar refractivity (Wildman–Crippen MR) is 44.1 cm³/mol. The Morgan fingerprint density at radius 3 is 2.70 bits per heavy atom. The van der Waals surface area contributed by atoms with E-state index in [9.17, 15) is 4.79 Å². The molecule has 0 aliphatic rings. The molecular weight excluding hydrogens is 148 g/mol. The van der Waals surface area contributed by atoms with Gasteiger partial charge >= 0.3 is 0 Å². The highest BCUT2D eigenvalue weighted by Gasteiger charge is 1.93. The fourth-order valence-electron chi connectivity index (χ4n) is 0.693. The van der Waals surface area contributed by atoms with E-state index in [1.54, 1.807) is 0 Å². The molecule has 0 aliphatic heterocycles. The summed E-state index contributed by atoms with van der Waals surface area (Å²) in [6.07, 6.45) is 7.65. The van der Waals surface area contributed by atoms with Gasteiger partial charge in [-0.1, -0.05) is 12.2 Å². The molecule has 0 unspecified atom stereocenters. The molecular formula is C8H13ClO. The largest absolute Gasteiger partial charge is 0.281 e. The van der Waals surface area contributed by atoms with Gasteiger partial charge in [-0.15, -0.1) is 0 Å². The van der Waals surface area contributed by atoms with Crippen LogP contribution in [-0.2, 0) is 4.79 Å². The molecule has 0 saturated carbocycles. The van der Waals surface area contributed by atoms with Crippen molar-refractivity contribution < 1.29 is 4.79 Å². The Morgan fingerprint density at radius 2 is 2.20 bits per heavy atom. The van der Waals surface area contributed by atoms with Crippen molar-refractivity contribution in [2.24, 2.45) is 0 Å². The fourth-order valence-corrected chi connectivity index (χ4v) is 0.826. The summed E-state index contributed by atoms with van der Waals surface area (Å²) in [5, 5.41) is -0.222. The highest BCUT2D eigenvalue weighted by molar-refractivity contribution is 6.63. The molecule has 0 aromatic carbocycles. The molecule has 0 bridgehead atoms. The van der Waals surface area contributed by atoms with Gasteiger partial charge in [0.2, 0.25) is 5.24 Å². The molecule has 10 heavy (non-hydrogen) atoms. The maximum absolute atomic E-state index is 10.2. The van der Waals surface area contributed by atoms with Gasteiger partial charge in [-0.25, -0.2) is 0 Å². The van der Waals surface area contributed by atoms with Gasteiger partial charge in [0.15, 0.2) is 0 Å². The second kappa shape index (κ2) is 6.81. The summed E-state index contributed by atoms with van der Waals surface area (Å²) in [6.45, 7) is 1.99. The van der Waals surface area contributed by atoms with Crippen molar-refractivity contribution in [2.75, 3.05) is 0 Å². The fraction of sp³-hybridized carbons (Fsp3) is 0.625. The average Bonchev–Trinajstić information content (AvgIpc) is 1.87. The lowest BCUT2D eigenvalue weighted by molar-refractivity contribution is -0.111. The summed E-state index contributed by atoms with van der Waals surface area (Å²) >= 11 is 5.13. The van der Waals surface area contributed by atoms with Crippen LogP contribution in [-0.4, -0.2) is 5.24 Å². The number of allylic oxidation sites excluding steroid dienone is 2. The Bertz CT molecular complexity index is 118. The Hall–Kier alpha value is -0.300. The Kier molecular flexibility index (Phi) is 6.61. The molecule has 0 radical (unpaired) electrons. The van der Waals surface area contributed by atoms with E-state index >= 15 is 0 Å². The van der Waals surface area contributed by atoms with E-state index in [-0.39, 0.29) is 5.24 Å². The molecule has 0 N–H and O–H groups in total. The van der Waals surface area contributed by atoms with Gasteiger partial charge in [0.1, 0.15) is 0 Å². The first-order valence-corrected chi connectivity index (χ1v) is 3.94. The van der Waals surface area contributed by atoms with Crippen molar-refractivity contribution in [3.63, 3.8) is 0 Å². The highest BCUT2D eigenvalue weighted by Crippen LogP contribution is 2.02. The number of carbonyl (C=O) groups excluding carboxylic acids is 1. The van der Waals surface area contributed by atoms with Gasteiger partial charge in [0.05, 0.1) is 0 Å². The van der Waals surface area contributed by atoms with E-state index in [1.165, 1.54) is 0 Å². The van der Waals surface area contributed by atoms with E-state index in [2.05, 4.69) is 6.08 Å². The van der Waals surface area contributed by atoms with Crippen LogP contribution in [0, 0.1) is 0 Å². The third-order valence-corrected chi connectivity index (χ3v) is 1.42. The van der Waals surface area contributed by atoms with Gasteiger partial charge in [-0.3, -0.25) is 4.79 Å². The lowest BCUT2D eigenvalue weighted by atomic mass is 10.2. The summed E-state index contributed by atoms with van der Waals surface area (Å²) in [6, 6.07) is 0. The number of carbonyl (C=O) groups is 1. The van der Waals surface area contributed by atoms with E-state index in [4.69, 9.17) is 11.6 Å². The van der Waals surface area contributed by atoms with Crippen molar-refractivity contribution in [1.82, 2.24) is 0 Å². The number of hydrogen-bond acceptors (Lipinski definition) is 1. The summed E-state index contributed by atoms with van der Waals surface area (Å²) in [5.41, 5.74) is 0. The topological polar surface area (TPSA) is 17.1 Å². The van der Waals surface area contributed by atoms with E-state index in [0.29, 0.717) is 6.42 Å². The van der Waals surface area contributed by atoms with Gasteiger partial charge < -0.3 is 0 Å². The minimum absolute atomic E-state index is 0.222. The number of unbranched alkanes of at least 4 members (excludes halogenated alkanes) is 2. The third-order valence-electron chi connectivity index (χ3n) is 1.23. The second-order valence-electron chi connectivity index (χ2n) is 2.17. The molecule has 0 atom stereocenters. The van der Waals surface area contributed by atoms with Crippen molar-refractivity contribution >= 4 is 16.8 Å². The average molecular weight is 161 g/mol. The van der Waals surface area contributed by atoms with Crippen LogP contribution in [0.15, 0.2) is 12.2 Å². The number of rotatable bonds is 5. The first-order valence-electron chi connectivity index (χ1n) is 3.57. The quantitative estimate of drug-likeness (QED) is 0.343. The van der Waals surface area contributed by atoms with Gasteiger partial charge in [-0.2, -0.15) is 0 Å². The highest BCUT2D eigenvalue weighted by atomic mass is 35.5. The minimum Gasteiger partial charge on any atom is -0.281 e. The van der Waals surface area contributed by atoms with Gasteiger partial charge in [-0.05, 0) is 37.8 Å². The van der Waals surface area contributed by atoms with Crippen molar-refractivity contribution in [1.29, 1.82) is 0 Å². The van der Waals surface area contributed by atoms with Gasteiger partial charge in [0, 0.05) is 6.42 Å². The Labute approximate surface area is 67.1 Å². The first kappa shape index (κ1) is 9.70. The lowest BCUT2D eigenvalue weighted by Crippen LogP contribution is -1.84. The second-order valence-corrected chi connectivity index (χ2v) is 2.59. The molecule has 0 aliphatic carbocycles. The number of hydrogen-bond donors (Lipinski definition) is 0. The molecule has 0 rings (SSSR count). The lowest BCUT2D eigenvalue weighted by Gasteiger charge is -1.91. The molecule has 1 nitrogen and oxygen atoms in total. The van der Waals surface area contributed by atoms with Crippen LogP contribution in [0.2, 0.25) is 0 Å². The van der Waals surface area contributed by atoms with Crippen molar-refractivity contribution in [3.8, 4) is 0 Å². The van der Waals surface area contributed by atoms with Crippen molar-refractivity contribution in [3.05, 3.63) is 12.2 Å². The smallest absolute Gasteiger partial charge is 0.221 e. The van der Waals surface area contributed by atoms with Crippen LogP contribution < -0.4 is 0 Å². The molecule has 0 spiro atoms. The van der Waals surface area contributed by atoms with Gasteiger partial charge in [0.25, 0.3) is 0 Å². The monoisotopic (exact) mass is 160 g/mol. The maximum Gasteiger partial charge on any atom is 0.221 e. The SMILES string of the molecule is C/C=C/CCCCC(=O)Cl. The zero-order valence-corrected chi connectivity index (χ0v) is 7.03. The summed E-state index contributed by atoms with van der Waals surface area (Å²) in [5.74, 6) is 0. The molecule has 0 aromatic heterocycles. The van der Waals surface area contributed by atoms with Crippen LogP contribution in [0.3, 0.4) is 0 Å². The summed E-state index contributed by atoms with van der Waals surface area (Å²) in [4.78, 5) is 10.2. The summed E-state index contributed by atoms with van der Waals surface area (Å²) in [7, 11) is 0. The number of halogens is 1. The molecule has 0 aromatic rings. The Morgan fingerprint density at radius 1 is 1.50 bits per heavy atom. The van der Waals surface area contributed by atoms with Crippen LogP contribution >= 0.6 is 11.6 Å². The molecule has 2 heteroatoms. The minimum atomic E-state index is -0.222. The molecule has 0 saturated heterocycles. The normalized spacial score (nSPS) is 10.6. The molecule has 0 heterocycles. The van der Waals surface area contributed by atoms with Crippen LogP contribution in [0.1, 0.15) is 32.6 Å². The molecule has 58 valence electrons. The van der Waals surface area contributed by atoms with Crippen LogP contribution in [0.4, 0.5) is 0 Å². The maximum atomic E-state index is 10.2. The van der Waals surface area contributed by atoms with E-state index in [0.717, 1.165) is 19.3 Å². The van der Waals surface area contributed by atoms with Crippen molar-refractivity contribution in [2.45, 2.75) is 32.6 Å². The van der Waals surface area contributed by atoms with Crippen LogP contribution in [0.5, 0.6) is 0 Å². The van der Waals surface area contributed by atoms with E-state index in [1.807, 2.05) is 13.0 Å². The third kappa shape index (κ3) is 7.70. The predicted octanol–water partition coefficient (Wildman–Crippen LogP) is 2.89. The standard InChI is InChI=1S/C8H13ClO/c1-2-3-4-5-6-7-8(9)10/h2-3H,4-7H2,1H3/b3-2+. The van der Waals surface area contributed by atoms with Crippen LogP contribution in [0.25, 0.3) is 0 Å². The zero-order chi connectivity index (χ0) is 7.82. The Balaban J connectivity index is 2.98. The molecule has 0 fully saturated rings. The first-order chi connectivity index (χ1) is 4.77. The zero-order valence-electron chi connectivity index (χ0n) is 6.27. The van der Waals surface area contributed by atoms with E-state index < -0.39 is 0 Å². The summed E-state index contributed by atoms with van der Waals surface area (Å²) < 4.78 is 0. The molecule has 0 amide bonds.